The summed E-state index contributed by atoms with van der Waals surface area (Å²) in [5.74, 6) is 0. The Morgan fingerprint density at radius 3 is 1.77 bits per heavy atom. The van der Waals surface area contributed by atoms with Gasteiger partial charge in [-0.15, -0.1) is 0 Å². The molecule has 0 unspecified atom stereocenters. The molecule has 0 aromatic heterocycles. The second kappa shape index (κ2) is 12.2. The van der Waals surface area contributed by atoms with Gasteiger partial charge in [0.05, 0.1) is 0 Å². The van der Waals surface area contributed by atoms with E-state index >= 15 is 0 Å². The SMILES string of the molecule is O[P@@]1N(c2ccccc2)C[C@H](Cc2ccccc2)N1Cc1ccccc1P(c1ccccc1)c1ccccc1. The Morgan fingerprint density at radius 2 is 1.15 bits per heavy atom. The zero-order valence-electron chi connectivity index (χ0n) is 21.8. The number of rotatable bonds is 8. The summed E-state index contributed by atoms with van der Waals surface area (Å²) in [5.41, 5.74) is 3.66. The van der Waals surface area contributed by atoms with Gasteiger partial charge in [-0.1, -0.05) is 133 Å². The quantitative estimate of drug-likeness (QED) is 0.222. The van der Waals surface area contributed by atoms with Gasteiger partial charge in [0.25, 0.3) is 0 Å². The van der Waals surface area contributed by atoms with Crippen LogP contribution in [0.2, 0.25) is 0 Å². The molecule has 0 saturated carbocycles. The topological polar surface area (TPSA) is 26.7 Å². The maximum atomic E-state index is 11.8. The Hall–Kier alpha value is -3.32. The predicted octanol–water partition coefficient (Wildman–Crippen LogP) is 6.60. The van der Waals surface area contributed by atoms with E-state index < -0.39 is 16.4 Å². The van der Waals surface area contributed by atoms with Crippen molar-refractivity contribution in [1.82, 2.24) is 4.67 Å². The van der Waals surface area contributed by atoms with Gasteiger partial charge < -0.3 is 9.56 Å². The minimum atomic E-state index is -1.49. The van der Waals surface area contributed by atoms with Gasteiger partial charge in [0.1, 0.15) is 0 Å². The zero-order chi connectivity index (χ0) is 26.4. The summed E-state index contributed by atoms with van der Waals surface area (Å²) >= 11 is 0. The summed E-state index contributed by atoms with van der Waals surface area (Å²) in [6.45, 7) is 1.51. The highest BCUT2D eigenvalue weighted by molar-refractivity contribution is 7.79. The molecule has 1 heterocycles. The van der Waals surface area contributed by atoms with E-state index in [2.05, 4.69) is 149 Å². The maximum Gasteiger partial charge on any atom is 0.216 e. The summed E-state index contributed by atoms with van der Waals surface area (Å²) < 4.78 is 4.54. The van der Waals surface area contributed by atoms with Gasteiger partial charge in [-0.05, 0) is 53.5 Å². The third-order valence-corrected chi connectivity index (χ3v) is 11.5. The second-order valence-corrected chi connectivity index (χ2v) is 13.5. The summed E-state index contributed by atoms with van der Waals surface area (Å²) in [5, 5.41) is 4.03. The first-order valence-corrected chi connectivity index (χ1v) is 15.9. The molecular weight excluding hydrogens is 514 g/mol. The molecule has 6 rings (SSSR count). The van der Waals surface area contributed by atoms with E-state index in [0.29, 0.717) is 6.54 Å². The van der Waals surface area contributed by atoms with Crippen LogP contribution in [0.5, 0.6) is 0 Å². The van der Waals surface area contributed by atoms with Crippen LogP contribution in [0.4, 0.5) is 5.69 Å². The van der Waals surface area contributed by atoms with E-state index in [1.807, 2.05) is 6.07 Å². The number of hydrogen-bond donors (Lipinski definition) is 1. The van der Waals surface area contributed by atoms with Crippen molar-refractivity contribution in [2.45, 2.75) is 19.0 Å². The van der Waals surface area contributed by atoms with Crippen molar-refractivity contribution in [2.24, 2.45) is 0 Å². The van der Waals surface area contributed by atoms with Crippen LogP contribution >= 0.6 is 16.4 Å². The van der Waals surface area contributed by atoms with E-state index in [9.17, 15) is 4.89 Å². The van der Waals surface area contributed by atoms with E-state index in [1.165, 1.54) is 27.0 Å². The Balaban J connectivity index is 1.38. The fraction of sp³-hybridized carbons (Fsp3) is 0.118. The van der Waals surface area contributed by atoms with Crippen LogP contribution in [0.1, 0.15) is 11.1 Å². The minimum absolute atomic E-state index is 0.205. The molecule has 1 aliphatic heterocycles. The number of nitrogens with zero attached hydrogens (tertiary/aromatic N) is 2. The molecule has 194 valence electrons. The van der Waals surface area contributed by atoms with Crippen molar-refractivity contribution in [3.63, 3.8) is 0 Å². The van der Waals surface area contributed by atoms with Crippen LogP contribution in [0, 0.1) is 0 Å². The highest BCUT2D eigenvalue weighted by atomic mass is 31.2. The first kappa shape index (κ1) is 25.9. The summed E-state index contributed by atoms with van der Waals surface area (Å²) in [6, 6.07) is 51.8. The minimum Gasteiger partial charge on any atom is -0.343 e. The molecule has 39 heavy (non-hydrogen) atoms. The van der Waals surface area contributed by atoms with Gasteiger partial charge >= 0.3 is 0 Å². The largest absolute Gasteiger partial charge is 0.343 e. The Morgan fingerprint density at radius 1 is 0.641 bits per heavy atom. The monoisotopic (exact) mass is 546 g/mol. The van der Waals surface area contributed by atoms with Crippen molar-refractivity contribution >= 4 is 38.0 Å². The third-order valence-electron chi connectivity index (χ3n) is 7.21. The van der Waals surface area contributed by atoms with E-state index in [4.69, 9.17) is 0 Å². The molecule has 3 nitrogen and oxygen atoms in total. The van der Waals surface area contributed by atoms with Crippen LogP contribution in [-0.2, 0) is 13.0 Å². The number of anilines is 1. The number of benzene rings is 5. The average Bonchev–Trinajstić information content (AvgIpc) is 3.30. The second-order valence-electron chi connectivity index (χ2n) is 9.76. The van der Waals surface area contributed by atoms with E-state index in [-0.39, 0.29) is 6.04 Å². The van der Waals surface area contributed by atoms with Gasteiger partial charge in [-0.3, -0.25) is 0 Å². The molecule has 0 aliphatic carbocycles. The fourth-order valence-electron chi connectivity index (χ4n) is 5.33. The molecule has 5 heteroatoms. The molecule has 2 atom stereocenters. The Bertz CT molecular complexity index is 1430. The molecule has 5 aromatic rings. The van der Waals surface area contributed by atoms with Gasteiger partial charge in [0.2, 0.25) is 8.45 Å². The Labute approximate surface area is 234 Å². The molecule has 5 aromatic carbocycles. The van der Waals surface area contributed by atoms with Gasteiger partial charge in [0, 0.05) is 24.8 Å². The molecule has 0 spiro atoms. The number of hydrogen-bond acceptors (Lipinski definition) is 3. The van der Waals surface area contributed by atoms with Crippen LogP contribution in [0.25, 0.3) is 0 Å². The molecular formula is C34H32N2OP2. The van der Waals surface area contributed by atoms with Crippen LogP contribution in [0.3, 0.4) is 0 Å². The van der Waals surface area contributed by atoms with Crippen molar-refractivity contribution in [3.8, 4) is 0 Å². The number of para-hydroxylation sites is 1. The molecule has 1 fully saturated rings. The maximum absolute atomic E-state index is 11.8. The van der Waals surface area contributed by atoms with E-state index in [0.717, 1.165) is 18.7 Å². The van der Waals surface area contributed by atoms with E-state index in [1.54, 1.807) is 0 Å². The average molecular weight is 547 g/mol. The lowest BCUT2D eigenvalue weighted by molar-refractivity contribution is 0.343. The van der Waals surface area contributed by atoms with Gasteiger partial charge in [0.15, 0.2) is 0 Å². The first-order chi connectivity index (χ1) is 19.3. The van der Waals surface area contributed by atoms with Gasteiger partial charge in [-0.2, -0.15) is 0 Å². The van der Waals surface area contributed by atoms with Crippen LogP contribution in [-0.4, -0.2) is 22.2 Å². The highest BCUT2D eigenvalue weighted by Crippen LogP contribution is 2.51. The fourth-order valence-corrected chi connectivity index (χ4v) is 9.47. The lowest BCUT2D eigenvalue weighted by Crippen LogP contribution is -2.32. The van der Waals surface area contributed by atoms with Crippen molar-refractivity contribution < 1.29 is 4.89 Å². The van der Waals surface area contributed by atoms with Gasteiger partial charge in [-0.25, -0.2) is 4.67 Å². The third kappa shape index (κ3) is 5.83. The van der Waals surface area contributed by atoms with Crippen LogP contribution in [0.15, 0.2) is 146 Å². The summed E-state index contributed by atoms with van der Waals surface area (Å²) in [6.07, 6.45) is 0.901. The molecule has 0 bridgehead atoms. The highest BCUT2D eigenvalue weighted by Gasteiger charge is 2.40. The molecule has 1 aliphatic rings. The molecule has 1 saturated heterocycles. The lowest BCUT2D eigenvalue weighted by Gasteiger charge is -2.29. The standard InChI is InChI=1S/C34H32N2OP2/c37-39-35(31(25-28-15-5-1-6-16-28)27-36(39)30-18-7-2-8-19-30)26-29-17-13-14-24-34(29)38(32-20-9-3-10-21-32)33-22-11-4-12-23-33/h1-24,31,37H,25-27H2/t31-,39+/m0/s1. The Kier molecular flexibility index (Phi) is 8.14. The van der Waals surface area contributed by atoms with Crippen molar-refractivity contribution in [1.29, 1.82) is 0 Å². The zero-order valence-corrected chi connectivity index (χ0v) is 23.6. The normalized spacial score (nSPS) is 17.5. The van der Waals surface area contributed by atoms with Crippen LogP contribution < -0.4 is 20.6 Å². The summed E-state index contributed by atoms with van der Waals surface area (Å²) in [4.78, 5) is 11.8. The lowest BCUT2D eigenvalue weighted by atomic mass is 10.1. The molecule has 1 N–H and O–H groups in total. The van der Waals surface area contributed by atoms with Crippen molar-refractivity contribution in [2.75, 3.05) is 11.2 Å². The van der Waals surface area contributed by atoms with Crippen molar-refractivity contribution in [3.05, 3.63) is 157 Å². The first-order valence-electron chi connectivity index (χ1n) is 13.4. The predicted molar refractivity (Wildman–Crippen MR) is 168 cm³/mol. The molecule has 0 radical (unpaired) electrons. The summed E-state index contributed by atoms with van der Waals surface area (Å²) in [7, 11) is -2.23. The smallest absolute Gasteiger partial charge is 0.216 e. The molecule has 0 amide bonds.